The molecule has 2 heterocycles. The van der Waals surface area contributed by atoms with E-state index in [1.807, 2.05) is 0 Å². The van der Waals surface area contributed by atoms with Crippen molar-refractivity contribution in [2.24, 2.45) is 0 Å². The van der Waals surface area contributed by atoms with Crippen LogP contribution >= 0.6 is 0 Å². The van der Waals surface area contributed by atoms with Crippen LogP contribution in [-0.2, 0) is 13.0 Å². The molecule has 3 nitrogen and oxygen atoms in total. The highest BCUT2D eigenvalue weighted by atomic mass is 15.1. The number of hydrogen-bond acceptors (Lipinski definition) is 2. The van der Waals surface area contributed by atoms with Crippen molar-refractivity contribution in [3.8, 4) is 0 Å². The third-order valence-electron chi connectivity index (χ3n) is 3.65. The van der Waals surface area contributed by atoms with E-state index in [2.05, 4.69) is 28.7 Å². The summed E-state index contributed by atoms with van der Waals surface area (Å²) in [6, 6.07) is 1.52. The zero-order chi connectivity index (χ0) is 10.4. The van der Waals surface area contributed by atoms with E-state index in [-0.39, 0.29) is 0 Å². The smallest absolute Gasteiger partial charge is 0.106 e. The molecule has 1 aliphatic heterocycles. The number of fused-ring (bicyclic) bond motifs is 1. The molecule has 1 saturated carbocycles. The molecule has 3 heteroatoms. The first-order valence-corrected chi connectivity index (χ1v) is 6.02. The third kappa shape index (κ3) is 1.69. The van der Waals surface area contributed by atoms with E-state index in [9.17, 15) is 0 Å². The van der Waals surface area contributed by atoms with Gasteiger partial charge in [-0.2, -0.15) is 0 Å². The van der Waals surface area contributed by atoms with Gasteiger partial charge >= 0.3 is 0 Å². The zero-order valence-corrected chi connectivity index (χ0v) is 9.58. The van der Waals surface area contributed by atoms with Gasteiger partial charge < -0.3 is 9.88 Å². The molecule has 15 heavy (non-hydrogen) atoms. The Labute approximate surface area is 90.9 Å². The highest BCUT2D eigenvalue weighted by molar-refractivity contribution is 5.19. The van der Waals surface area contributed by atoms with Gasteiger partial charge in [-0.05, 0) is 33.1 Å². The molecule has 0 spiro atoms. The third-order valence-corrected chi connectivity index (χ3v) is 3.65. The topological polar surface area (TPSA) is 29.9 Å². The van der Waals surface area contributed by atoms with Crippen molar-refractivity contribution in [3.63, 3.8) is 0 Å². The summed E-state index contributed by atoms with van der Waals surface area (Å²) in [6.07, 6.45) is 5.20. The fourth-order valence-electron chi connectivity index (χ4n) is 2.66. The van der Waals surface area contributed by atoms with Crippen molar-refractivity contribution in [3.05, 3.63) is 17.2 Å². The Morgan fingerprint density at radius 3 is 2.73 bits per heavy atom. The Morgan fingerprint density at radius 1 is 1.20 bits per heavy atom. The largest absolute Gasteiger partial charge is 0.332 e. The van der Waals surface area contributed by atoms with Crippen LogP contribution in [0.5, 0.6) is 0 Å². The van der Waals surface area contributed by atoms with Crippen molar-refractivity contribution in [2.45, 2.75) is 58.2 Å². The van der Waals surface area contributed by atoms with Gasteiger partial charge in [-0.3, -0.25) is 0 Å². The van der Waals surface area contributed by atoms with E-state index in [1.165, 1.54) is 42.9 Å². The first-order valence-electron chi connectivity index (χ1n) is 6.02. The van der Waals surface area contributed by atoms with E-state index >= 15 is 0 Å². The van der Waals surface area contributed by atoms with Crippen molar-refractivity contribution in [2.75, 3.05) is 0 Å². The molecule has 1 N–H and O–H groups in total. The molecule has 3 rings (SSSR count). The normalized spacial score (nSPS) is 25.3. The summed E-state index contributed by atoms with van der Waals surface area (Å²) < 4.78 is 2.39. The minimum atomic E-state index is 0.694. The summed E-state index contributed by atoms with van der Waals surface area (Å²) in [7, 11) is 0. The molecule has 1 aromatic rings. The fourth-order valence-corrected chi connectivity index (χ4v) is 2.66. The summed E-state index contributed by atoms with van der Waals surface area (Å²) in [4.78, 5) is 4.56. The van der Waals surface area contributed by atoms with Gasteiger partial charge in [-0.1, -0.05) is 0 Å². The van der Waals surface area contributed by atoms with E-state index in [4.69, 9.17) is 0 Å². The highest BCUT2D eigenvalue weighted by Crippen LogP contribution is 2.25. The zero-order valence-electron chi connectivity index (χ0n) is 9.58. The molecule has 0 radical (unpaired) electrons. The molecule has 82 valence electrons. The minimum Gasteiger partial charge on any atom is -0.332 e. The molecular formula is C12H19N3. The van der Waals surface area contributed by atoms with Crippen LogP contribution in [0.2, 0.25) is 0 Å². The second kappa shape index (κ2) is 3.34. The first-order chi connectivity index (χ1) is 7.24. The second-order valence-corrected chi connectivity index (χ2v) is 4.97. The summed E-state index contributed by atoms with van der Waals surface area (Å²) in [5.74, 6) is 1.19. The van der Waals surface area contributed by atoms with Crippen molar-refractivity contribution in [1.82, 2.24) is 14.9 Å². The predicted molar refractivity (Wildman–Crippen MR) is 60.0 cm³/mol. The van der Waals surface area contributed by atoms with E-state index in [0.29, 0.717) is 6.04 Å². The number of rotatable bonds is 2. The number of aryl methyl sites for hydroxylation is 2. The van der Waals surface area contributed by atoms with Gasteiger partial charge in [0.05, 0.1) is 5.69 Å². The van der Waals surface area contributed by atoms with Gasteiger partial charge in [-0.15, -0.1) is 0 Å². The van der Waals surface area contributed by atoms with Crippen LogP contribution in [0.4, 0.5) is 0 Å². The van der Waals surface area contributed by atoms with Gasteiger partial charge in [0, 0.05) is 30.7 Å². The van der Waals surface area contributed by atoms with Crippen molar-refractivity contribution in [1.29, 1.82) is 0 Å². The van der Waals surface area contributed by atoms with E-state index in [1.54, 1.807) is 0 Å². The van der Waals surface area contributed by atoms with Crippen LogP contribution in [0.1, 0.15) is 36.5 Å². The Morgan fingerprint density at radius 2 is 2.00 bits per heavy atom. The van der Waals surface area contributed by atoms with Crippen LogP contribution in [0.3, 0.4) is 0 Å². The molecule has 1 fully saturated rings. The maximum absolute atomic E-state index is 4.56. The number of aromatic nitrogens is 2. The molecule has 0 saturated heterocycles. The molecule has 1 aliphatic carbocycles. The standard InChI is InChI=1S/C12H19N3/c1-8-12-7-11(14-10-3-4-10)5-6-15(12)9(2)13-8/h10-11,14H,3-7H2,1-2H3. The predicted octanol–water partition coefficient (Wildman–Crippen LogP) is 1.57. The van der Waals surface area contributed by atoms with Gasteiger partial charge in [-0.25, -0.2) is 4.98 Å². The van der Waals surface area contributed by atoms with E-state index < -0.39 is 0 Å². The Kier molecular flexibility index (Phi) is 2.09. The number of nitrogens with zero attached hydrogens (tertiary/aromatic N) is 2. The lowest BCUT2D eigenvalue weighted by Crippen LogP contribution is -2.37. The molecule has 1 atom stereocenters. The van der Waals surface area contributed by atoms with E-state index in [0.717, 1.165) is 12.6 Å². The molecule has 1 unspecified atom stereocenters. The molecule has 1 aromatic heterocycles. The Hall–Kier alpha value is -0.830. The van der Waals surface area contributed by atoms with Crippen molar-refractivity contribution >= 4 is 0 Å². The van der Waals surface area contributed by atoms with Crippen LogP contribution in [-0.4, -0.2) is 21.6 Å². The average Bonchev–Trinajstić information content (AvgIpc) is 2.96. The maximum Gasteiger partial charge on any atom is 0.106 e. The molecule has 0 bridgehead atoms. The summed E-state index contributed by atoms with van der Waals surface area (Å²) >= 11 is 0. The minimum absolute atomic E-state index is 0.694. The molecule has 2 aliphatic rings. The highest BCUT2D eigenvalue weighted by Gasteiger charge is 2.28. The van der Waals surface area contributed by atoms with Crippen LogP contribution in [0.25, 0.3) is 0 Å². The fraction of sp³-hybridized carbons (Fsp3) is 0.750. The Bertz CT molecular complexity index is 376. The number of hydrogen-bond donors (Lipinski definition) is 1. The van der Waals surface area contributed by atoms with Gasteiger partial charge in [0.15, 0.2) is 0 Å². The number of nitrogens with one attached hydrogen (secondary N) is 1. The van der Waals surface area contributed by atoms with Crippen LogP contribution in [0.15, 0.2) is 0 Å². The summed E-state index contributed by atoms with van der Waals surface area (Å²) in [6.45, 7) is 5.40. The van der Waals surface area contributed by atoms with Gasteiger partial charge in [0.1, 0.15) is 5.82 Å². The quantitative estimate of drug-likeness (QED) is 0.794. The lowest BCUT2D eigenvalue weighted by atomic mass is 10.0. The lowest BCUT2D eigenvalue weighted by molar-refractivity contribution is 0.393. The Balaban J connectivity index is 1.79. The van der Waals surface area contributed by atoms with Gasteiger partial charge in [0.2, 0.25) is 0 Å². The van der Waals surface area contributed by atoms with Crippen LogP contribution < -0.4 is 5.32 Å². The molecular weight excluding hydrogens is 186 g/mol. The molecule has 0 aromatic carbocycles. The first kappa shape index (κ1) is 9.40. The average molecular weight is 205 g/mol. The SMILES string of the molecule is Cc1nc(C)n2c1CC(NC1CC1)CC2. The number of imidazole rings is 1. The van der Waals surface area contributed by atoms with Crippen LogP contribution in [0, 0.1) is 13.8 Å². The lowest BCUT2D eigenvalue weighted by Gasteiger charge is -2.26. The van der Waals surface area contributed by atoms with Gasteiger partial charge in [0.25, 0.3) is 0 Å². The second-order valence-electron chi connectivity index (χ2n) is 4.97. The maximum atomic E-state index is 4.56. The monoisotopic (exact) mass is 205 g/mol. The molecule has 0 amide bonds. The summed E-state index contributed by atoms with van der Waals surface area (Å²) in [5, 5.41) is 3.73. The van der Waals surface area contributed by atoms with Crippen molar-refractivity contribution < 1.29 is 0 Å². The summed E-state index contributed by atoms with van der Waals surface area (Å²) in [5.41, 5.74) is 2.69.